The van der Waals surface area contributed by atoms with Crippen LogP contribution in [0.4, 0.5) is 5.69 Å². The number of anilines is 1. The Morgan fingerprint density at radius 3 is 2.73 bits per heavy atom. The Morgan fingerprint density at radius 2 is 2.13 bits per heavy atom. The molecule has 0 atom stereocenters. The van der Waals surface area contributed by atoms with E-state index in [-0.39, 0.29) is 0 Å². The first kappa shape index (κ1) is 11.3. The van der Waals surface area contributed by atoms with Crippen molar-refractivity contribution in [3.8, 4) is 0 Å². The molecule has 1 fully saturated rings. The number of hydrogen-bond donors (Lipinski definition) is 0. The van der Waals surface area contributed by atoms with E-state index in [1.165, 1.54) is 18.5 Å². The molecular weight excluding hydrogens is 272 g/mol. The van der Waals surface area contributed by atoms with E-state index in [9.17, 15) is 0 Å². The second kappa shape index (κ2) is 5.21. The Bertz CT molecular complexity index is 324. The summed E-state index contributed by atoms with van der Waals surface area (Å²) in [5.41, 5.74) is 1.24. The predicted octanol–water partition coefficient (Wildman–Crippen LogP) is 3.18. The zero-order valence-electron chi connectivity index (χ0n) is 8.82. The Morgan fingerprint density at radius 1 is 1.40 bits per heavy atom. The van der Waals surface area contributed by atoms with Gasteiger partial charge in [-0.05, 0) is 41.1 Å². The largest absolute Gasteiger partial charge is 0.370 e. The normalized spacial score (nSPS) is 18.1. The van der Waals surface area contributed by atoms with E-state index in [0.717, 1.165) is 22.8 Å². The van der Waals surface area contributed by atoms with Crippen molar-refractivity contribution in [1.82, 2.24) is 4.98 Å². The van der Waals surface area contributed by atoms with Crippen molar-refractivity contribution in [3.05, 3.63) is 22.9 Å². The monoisotopic (exact) mass is 286 g/mol. The minimum absolute atomic E-state index is 0.848. The molecule has 0 spiro atoms. The molecule has 0 bridgehead atoms. The molecule has 1 aromatic rings. The fraction of sp³-hybridized carbons (Fsp3) is 0.545. The van der Waals surface area contributed by atoms with Gasteiger partial charge >= 0.3 is 0 Å². The van der Waals surface area contributed by atoms with E-state index in [2.05, 4.69) is 38.1 Å². The average Bonchev–Trinajstić information content (AvgIpc) is 2.29. The summed E-state index contributed by atoms with van der Waals surface area (Å²) in [6, 6.07) is 2.15. The summed E-state index contributed by atoms with van der Waals surface area (Å²) >= 11 is 5.46. The van der Waals surface area contributed by atoms with Crippen LogP contribution in [0.15, 0.2) is 22.9 Å². The van der Waals surface area contributed by atoms with Crippen LogP contribution in [-0.2, 0) is 0 Å². The lowest BCUT2D eigenvalue weighted by Crippen LogP contribution is -2.34. The van der Waals surface area contributed by atoms with E-state index in [1.54, 1.807) is 0 Å². The van der Waals surface area contributed by atoms with Gasteiger partial charge in [0.25, 0.3) is 0 Å². The Balaban J connectivity index is 2.01. The lowest BCUT2D eigenvalue weighted by Gasteiger charge is -2.32. The second-order valence-electron chi connectivity index (χ2n) is 3.78. The van der Waals surface area contributed by atoms with Crippen LogP contribution in [0.25, 0.3) is 0 Å². The highest BCUT2D eigenvalue weighted by molar-refractivity contribution is 9.10. The summed E-state index contributed by atoms with van der Waals surface area (Å²) in [7, 11) is 0. The number of piperidine rings is 1. The number of rotatable bonds is 2. The van der Waals surface area contributed by atoms with Crippen LogP contribution in [-0.4, -0.2) is 29.6 Å². The molecule has 2 rings (SSSR count). The van der Waals surface area contributed by atoms with Crippen molar-refractivity contribution in [1.29, 1.82) is 0 Å². The third-order valence-corrected chi connectivity index (χ3v) is 4.40. The number of nitrogens with zero attached hydrogens (tertiary/aromatic N) is 2. The molecule has 0 amide bonds. The SMILES string of the molecule is CSC1CCN(c2cncc(Br)c2)CC1. The molecule has 0 radical (unpaired) electrons. The van der Waals surface area contributed by atoms with Crippen molar-refractivity contribution in [2.75, 3.05) is 24.2 Å². The van der Waals surface area contributed by atoms with Crippen LogP contribution in [0.5, 0.6) is 0 Å². The maximum Gasteiger partial charge on any atom is 0.0564 e. The quantitative estimate of drug-likeness (QED) is 0.831. The van der Waals surface area contributed by atoms with Gasteiger partial charge in [-0.2, -0.15) is 11.8 Å². The molecule has 82 valence electrons. The highest BCUT2D eigenvalue weighted by atomic mass is 79.9. The zero-order chi connectivity index (χ0) is 10.7. The van der Waals surface area contributed by atoms with Crippen molar-refractivity contribution >= 4 is 33.4 Å². The standard InChI is InChI=1S/C11H15BrN2S/c1-15-11-2-4-14(5-3-11)10-6-9(12)7-13-8-10/h6-8,11H,2-5H2,1H3. The minimum Gasteiger partial charge on any atom is -0.370 e. The van der Waals surface area contributed by atoms with Gasteiger partial charge in [-0.15, -0.1) is 0 Å². The molecule has 2 heterocycles. The van der Waals surface area contributed by atoms with E-state index < -0.39 is 0 Å². The first-order valence-electron chi connectivity index (χ1n) is 5.18. The van der Waals surface area contributed by atoms with Crippen molar-refractivity contribution in [2.45, 2.75) is 18.1 Å². The van der Waals surface area contributed by atoms with Crippen molar-refractivity contribution in [3.63, 3.8) is 0 Å². The topological polar surface area (TPSA) is 16.1 Å². The molecule has 1 aromatic heterocycles. The maximum absolute atomic E-state index is 4.20. The minimum atomic E-state index is 0.848. The van der Waals surface area contributed by atoms with Gasteiger partial charge in [-0.3, -0.25) is 4.98 Å². The average molecular weight is 287 g/mol. The molecule has 15 heavy (non-hydrogen) atoms. The maximum atomic E-state index is 4.20. The van der Waals surface area contributed by atoms with Gasteiger partial charge < -0.3 is 4.90 Å². The van der Waals surface area contributed by atoms with Gasteiger partial charge in [-0.25, -0.2) is 0 Å². The summed E-state index contributed by atoms with van der Waals surface area (Å²) in [4.78, 5) is 6.63. The lowest BCUT2D eigenvalue weighted by molar-refractivity contribution is 0.591. The van der Waals surface area contributed by atoms with Crippen LogP contribution in [0.2, 0.25) is 0 Å². The summed E-state index contributed by atoms with van der Waals surface area (Å²) in [5.74, 6) is 0. The van der Waals surface area contributed by atoms with E-state index in [1.807, 2.05) is 24.2 Å². The van der Waals surface area contributed by atoms with Crippen LogP contribution < -0.4 is 4.90 Å². The number of halogens is 1. The van der Waals surface area contributed by atoms with Crippen molar-refractivity contribution in [2.24, 2.45) is 0 Å². The second-order valence-corrected chi connectivity index (χ2v) is 5.84. The smallest absolute Gasteiger partial charge is 0.0564 e. The van der Waals surface area contributed by atoms with Crippen LogP contribution in [0.3, 0.4) is 0 Å². The van der Waals surface area contributed by atoms with E-state index in [4.69, 9.17) is 0 Å². The summed E-state index contributed by atoms with van der Waals surface area (Å²) in [6.07, 6.45) is 8.56. The van der Waals surface area contributed by atoms with Crippen LogP contribution >= 0.6 is 27.7 Å². The molecule has 0 saturated carbocycles. The first-order chi connectivity index (χ1) is 7.29. The Hall–Kier alpha value is -0.220. The Kier molecular flexibility index (Phi) is 3.92. The molecule has 0 unspecified atom stereocenters. The molecule has 4 heteroatoms. The zero-order valence-corrected chi connectivity index (χ0v) is 11.2. The van der Waals surface area contributed by atoms with Gasteiger partial charge in [0.15, 0.2) is 0 Å². The van der Waals surface area contributed by atoms with E-state index in [0.29, 0.717) is 0 Å². The highest BCUT2D eigenvalue weighted by Crippen LogP contribution is 2.26. The van der Waals surface area contributed by atoms with Gasteiger partial charge in [0.1, 0.15) is 0 Å². The molecular formula is C11H15BrN2S. The molecule has 0 aromatic carbocycles. The summed E-state index contributed by atoms with van der Waals surface area (Å²) in [6.45, 7) is 2.31. The Labute approximate surface area is 104 Å². The third kappa shape index (κ3) is 2.88. The molecule has 1 saturated heterocycles. The molecule has 0 N–H and O–H groups in total. The van der Waals surface area contributed by atoms with Crippen LogP contribution in [0.1, 0.15) is 12.8 Å². The molecule has 2 nitrogen and oxygen atoms in total. The summed E-state index contributed by atoms with van der Waals surface area (Å²) in [5, 5.41) is 0.848. The van der Waals surface area contributed by atoms with Gasteiger partial charge in [0.2, 0.25) is 0 Å². The molecule has 0 aliphatic carbocycles. The highest BCUT2D eigenvalue weighted by Gasteiger charge is 2.18. The number of hydrogen-bond acceptors (Lipinski definition) is 3. The van der Waals surface area contributed by atoms with Crippen molar-refractivity contribution < 1.29 is 0 Å². The first-order valence-corrected chi connectivity index (χ1v) is 7.26. The third-order valence-electron chi connectivity index (χ3n) is 2.83. The fourth-order valence-electron chi connectivity index (χ4n) is 1.92. The number of aromatic nitrogens is 1. The van der Waals surface area contributed by atoms with Gasteiger partial charge in [0.05, 0.1) is 11.9 Å². The number of pyridine rings is 1. The molecule has 1 aliphatic heterocycles. The van der Waals surface area contributed by atoms with E-state index >= 15 is 0 Å². The van der Waals surface area contributed by atoms with Gasteiger partial charge in [0, 0.05) is 29.0 Å². The lowest BCUT2D eigenvalue weighted by atomic mass is 10.1. The predicted molar refractivity (Wildman–Crippen MR) is 70.7 cm³/mol. The molecule has 1 aliphatic rings. The summed E-state index contributed by atoms with van der Waals surface area (Å²) < 4.78 is 1.06. The van der Waals surface area contributed by atoms with Gasteiger partial charge in [-0.1, -0.05) is 0 Å². The fourth-order valence-corrected chi connectivity index (χ4v) is 2.96. The van der Waals surface area contributed by atoms with Crippen LogP contribution in [0, 0.1) is 0 Å². The number of thioether (sulfide) groups is 1.